The van der Waals surface area contributed by atoms with Gasteiger partial charge in [0.15, 0.2) is 0 Å². The van der Waals surface area contributed by atoms with E-state index >= 15 is 0 Å². The summed E-state index contributed by atoms with van der Waals surface area (Å²) >= 11 is 0. The van der Waals surface area contributed by atoms with Crippen LogP contribution in [-0.2, 0) is 0 Å². The summed E-state index contributed by atoms with van der Waals surface area (Å²) in [5.74, 6) is -4.36. The van der Waals surface area contributed by atoms with E-state index in [1.54, 1.807) is 13.8 Å². The first kappa shape index (κ1) is 13.2. The van der Waals surface area contributed by atoms with E-state index < -0.39 is 36.5 Å². The Bertz CT molecular complexity index is 449. The van der Waals surface area contributed by atoms with Crippen molar-refractivity contribution in [2.45, 2.75) is 44.6 Å². The molecule has 2 rings (SSSR count). The number of rotatable bonds is 3. The smallest absolute Gasteiger partial charge is 0.255 e. The van der Waals surface area contributed by atoms with Crippen LogP contribution in [0.25, 0.3) is 0 Å². The van der Waals surface area contributed by atoms with E-state index in [0.29, 0.717) is 0 Å². The molecule has 0 spiro atoms. The van der Waals surface area contributed by atoms with Gasteiger partial charge in [-0.05, 0) is 5.92 Å². The highest BCUT2D eigenvalue weighted by molar-refractivity contribution is 5.38. The van der Waals surface area contributed by atoms with Crippen LogP contribution in [0.15, 0.2) is 12.1 Å². The Kier molecular flexibility index (Phi) is 3.25. The van der Waals surface area contributed by atoms with Gasteiger partial charge in [-0.2, -0.15) is 0 Å². The number of alkyl halides is 2. The number of benzene rings is 1. The maximum absolute atomic E-state index is 13.6. The van der Waals surface area contributed by atoms with E-state index in [2.05, 4.69) is 0 Å². The summed E-state index contributed by atoms with van der Waals surface area (Å²) in [4.78, 5) is 0. The number of hydrogen-bond acceptors (Lipinski definition) is 1. The highest BCUT2D eigenvalue weighted by atomic mass is 19.3. The van der Waals surface area contributed by atoms with Crippen LogP contribution in [0.2, 0.25) is 0 Å². The van der Waals surface area contributed by atoms with Gasteiger partial charge in [-0.15, -0.1) is 0 Å². The lowest BCUT2D eigenvalue weighted by Crippen LogP contribution is -2.43. The van der Waals surface area contributed by atoms with Crippen molar-refractivity contribution in [3.8, 4) is 5.75 Å². The quantitative estimate of drug-likeness (QED) is 0.739. The summed E-state index contributed by atoms with van der Waals surface area (Å²) in [6.07, 6.45) is -1.47. The van der Waals surface area contributed by atoms with E-state index in [1.165, 1.54) is 0 Å². The highest BCUT2D eigenvalue weighted by Crippen LogP contribution is 2.41. The molecule has 0 atom stereocenters. The van der Waals surface area contributed by atoms with Crippen LogP contribution in [0.3, 0.4) is 0 Å². The minimum absolute atomic E-state index is 0.0306. The van der Waals surface area contributed by atoms with Crippen LogP contribution in [0, 0.1) is 11.6 Å². The monoisotopic (exact) mass is 262 g/mol. The van der Waals surface area contributed by atoms with Crippen molar-refractivity contribution in [1.29, 1.82) is 0 Å². The molecule has 1 aromatic rings. The van der Waals surface area contributed by atoms with Crippen molar-refractivity contribution in [2.24, 2.45) is 0 Å². The molecule has 0 aliphatic heterocycles. The van der Waals surface area contributed by atoms with Gasteiger partial charge in [0.2, 0.25) is 0 Å². The van der Waals surface area contributed by atoms with E-state index in [-0.39, 0.29) is 17.2 Å². The standard InChI is InChI=1S/C13H14F4O/c1-7(2)12-10(15)3-8(14)4-11(12)18-9-5-13(16,17)6-9/h3-4,7,9H,5-6H2,1-2H3. The number of halogens is 4. The molecule has 0 bridgehead atoms. The first-order chi connectivity index (χ1) is 8.28. The lowest BCUT2D eigenvalue weighted by atomic mass is 9.90. The Hall–Kier alpha value is -1.26. The minimum atomic E-state index is -2.71. The van der Waals surface area contributed by atoms with Gasteiger partial charge < -0.3 is 4.74 Å². The van der Waals surface area contributed by atoms with Crippen LogP contribution < -0.4 is 4.74 Å². The average molecular weight is 262 g/mol. The Morgan fingerprint density at radius 1 is 1.22 bits per heavy atom. The number of hydrogen-bond donors (Lipinski definition) is 0. The Morgan fingerprint density at radius 2 is 1.83 bits per heavy atom. The zero-order valence-electron chi connectivity index (χ0n) is 10.1. The van der Waals surface area contributed by atoms with Gasteiger partial charge in [0.1, 0.15) is 23.5 Å². The molecular weight excluding hydrogens is 248 g/mol. The van der Waals surface area contributed by atoms with E-state index in [9.17, 15) is 17.6 Å². The fourth-order valence-electron chi connectivity index (χ4n) is 2.09. The summed E-state index contributed by atoms with van der Waals surface area (Å²) in [5, 5.41) is 0. The van der Waals surface area contributed by atoms with Crippen molar-refractivity contribution < 1.29 is 22.3 Å². The summed E-state index contributed by atoms with van der Waals surface area (Å²) in [5.41, 5.74) is 0.228. The van der Waals surface area contributed by atoms with Gasteiger partial charge in [-0.1, -0.05) is 13.8 Å². The molecule has 1 aliphatic carbocycles. The summed E-state index contributed by atoms with van der Waals surface area (Å²) in [6.45, 7) is 3.47. The molecule has 0 radical (unpaired) electrons. The van der Waals surface area contributed by atoms with Gasteiger partial charge in [-0.3, -0.25) is 0 Å². The summed E-state index contributed by atoms with van der Waals surface area (Å²) < 4.78 is 57.4. The number of ether oxygens (including phenoxy) is 1. The minimum Gasteiger partial charge on any atom is -0.489 e. The lowest BCUT2D eigenvalue weighted by Gasteiger charge is -2.35. The van der Waals surface area contributed by atoms with Gasteiger partial charge in [0.05, 0.1) is 0 Å². The molecule has 1 aliphatic rings. The predicted molar refractivity (Wildman–Crippen MR) is 59.0 cm³/mol. The maximum Gasteiger partial charge on any atom is 0.255 e. The third kappa shape index (κ3) is 2.60. The molecule has 5 heteroatoms. The Labute approximate surface area is 103 Å². The van der Waals surface area contributed by atoms with E-state index in [1.807, 2.05) is 0 Å². The average Bonchev–Trinajstić information content (AvgIpc) is 2.12. The Balaban J connectivity index is 2.21. The van der Waals surface area contributed by atoms with Gasteiger partial charge in [0, 0.05) is 30.5 Å². The molecule has 1 saturated carbocycles. The molecule has 0 aromatic heterocycles. The molecule has 1 aromatic carbocycles. The molecular formula is C13H14F4O. The third-order valence-corrected chi connectivity index (χ3v) is 2.98. The predicted octanol–water partition coefficient (Wildman–Crippen LogP) is 4.26. The summed E-state index contributed by atoms with van der Waals surface area (Å²) in [6, 6.07) is 1.83. The molecule has 18 heavy (non-hydrogen) atoms. The second-order valence-corrected chi connectivity index (χ2v) is 4.96. The fourth-order valence-corrected chi connectivity index (χ4v) is 2.09. The van der Waals surface area contributed by atoms with Crippen LogP contribution in [0.1, 0.15) is 38.2 Å². The first-order valence-electron chi connectivity index (χ1n) is 5.82. The van der Waals surface area contributed by atoms with Crippen molar-refractivity contribution in [3.63, 3.8) is 0 Å². The largest absolute Gasteiger partial charge is 0.489 e. The van der Waals surface area contributed by atoms with Crippen molar-refractivity contribution in [3.05, 3.63) is 29.3 Å². The SMILES string of the molecule is CC(C)c1c(F)cc(F)cc1OC1CC(F)(F)C1. The maximum atomic E-state index is 13.6. The summed E-state index contributed by atoms with van der Waals surface area (Å²) in [7, 11) is 0. The molecule has 0 heterocycles. The van der Waals surface area contributed by atoms with Crippen LogP contribution >= 0.6 is 0 Å². The van der Waals surface area contributed by atoms with Crippen molar-refractivity contribution in [2.75, 3.05) is 0 Å². The zero-order valence-corrected chi connectivity index (χ0v) is 10.1. The van der Waals surface area contributed by atoms with Gasteiger partial charge in [-0.25, -0.2) is 17.6 Å². The topological polar surface area (TPSA) is 9.23 Å². The molecule has 0 unspecified atom stereocenters. The molecule has 1 nitrogen and oxygen atoms in total. The van der Waals surface area contributed by atoms with E-state index in [4.69, 9.17) is 4.74 Å². The zero-order chi connectivity index (χ0) is 13.5. The van der Waals surface area contributed by atoms with Gasteiger partial charge >= 0.3 is 0 Å². The molecule has 0 saturated heterocycles. The normalized spacial score (nSPS) is 18.8. The molecule has 0 amide bonds. The Morgan fingerprint density at radius 3 is 2.33 bits per heavy atom. The second kappa shape index (κ2) is 4.44. The fraction of sp³-hybridized carbons (Fsp3) is 0.538. The van der Waals surface area contributed by atoms with Crippen LogP contribution in [0.4, 0.5) is 17.6 Å². The first-order valence-corrected chi connectivity index (χ1v) is 5.82. The van der Waals surface area contributed by atoms with Crippen LogP contribution in [-0.4, -0.2) is 12.0 Å². The lowest BCUT2D eigenvalue weighted by molar-refractivity contribution is -0.134. The second-order valence-electron chi connectivity index (χ2n) is 4.96. The highest BCUT2D eigenvalue weighted by Gasteiger charge is 2.47. The third-order valence-electron chi connectivity index (χ3n) is 2.98. The molecule has 100 valence electrons. The van der Waals surface area contributed by atoms with Gasteiger partial charge in [0.25, 0.3) is 5.92 Å². The van der Waals surface area contributed by atoms with Crippen molar-refractivity contribution in [1.82, 2.24) is 0 Å². The van der Waals surface area contributed by atoms with Crippen LogP contribution in [0.5, 0.6) is 5.75 Å². The van der Waals surface area contributed by atoms with Crippen molar-refractivity contribution >= 4 is 0 Å². The van der Waals surface area contributed by atoms with E-state index in [0.717, 1.165) is 12.1 Å². The molecule has 0 N–H and O–H groups in total. The molecule has 1 fully saturated rings.